The van der Waals surface area contributed by atoms with Crippen molar-refractivity contribution >= 4 is 22.6 Å². The number of anilines is 1. The van der Waals surface area contributed by atoms with Crippen LogP contribution in [-0.4, -0.2) is 67.8 Å². The lowest BCUT2D eigenvalue weighted by atomic mass is 9.91. The number of likely N-dealkylation sites (tertiary alicyclic amines) is 1. The highest BCUT2D eigenvalue weighted by molar-refractivity contribution is 5.94. The SMILES string of the molecule is CC(NC(=O)c1ccc(N2CC(CC#N)C2n2cc(-c3ncc4cc[nH]c4n3)cn2)cc1)C1CCCCN1C. The molecule has 2 aliphatic rings. The van der Waals surface area contributed by atoms with Gasteiger partial charge in [-0.25, -0.2) is 14.6 Å². The predicted molar refractivity (Wildman–Crippen MR) is 149 cm³/mol. The number of fused-ring (bicyclic) bond motifs is 1. The molecule has 5 heterocycles. The van der Waals surface area contributed by atoms with Crippen molar-refractivity contribution in [2.75, 3.05) is 25.0 Å². The molecule has 0 saturated carbocycles. The second-order valence-corrected chi connectivity index (χ2v) is 10.7. The Morgan fingerprint density at radius 2 is 2.08 bits per heavy atom. The fraction of sp³-hybridized carbons (Fsp3) is 0.414. The van der Waals surface area contributed by atoms with Crippen molar-refractivity contribution < 1.29 is 4.79 Å². The molecule has 4 aromatic rings. The van der Waals surface area contributed by atoms with Crippen LogP contribution in [0.15, 0.2) is 55.1 Å². The first-order valence-corrected chi connectivity index (χ1v) is 13.6. The van der Waals surface area contributed by atoms with Gasteiger partial charge in [-0.15, -0.1) is 0 Å². The number of nitrogens with zero attached hydrogens (tertiary/aromatic N) is 7. The summed E-state index contributed by atoms with van der Waals surface area (Å²) in [6.45, 7) is 3.92. The molecule has 2 aliphatic heterocycles. The molecule has 1 amide bonds. The number of hydrogen-bond donors (Lipinski definition) is 2. The Labute approximate surface area is 227 Å². The Morgan fingerprint density at radius 3 is 2.87 bits per heavy atom. The Hall–Kier alpha value is -4.23. The van der Waals surface area contributed by atoms with Crippen LogP contribution >= 0.6 is 0 Å². The molecule has 10 nitrogen and oxygen atoms in total. The number of piperidine rings is 1. The van der Waals surface area contributed by atoms with Crippen molar-refractivity contribution in [3.8, 4) is 17.5 Å². The molecule has 39 heavy (non-hydrogen) atoms. The highest BCUT2D eigenvalue weighted by atomic mass is 16.1. The number of likely N-dealkylation sites (N-methyl/N-ethyl adjacent to an activating group) is 1. The van der Waals surface area contributed by atoms with Crippen molar-refractivity contribution in [2.45, 2.75) is 50.9 Å². The van der Waals surface area contributed by atoms with Crippen LogP contribution in [0.1, 0.15) is 49.1 Å². The maximum atomic E-state index is 13.0. The normalized spacial score (nSPS) is 22.3. The first-order valence-electron chi connectivity index (χ1n) is 13.6. The van der Waals surface area contributed by atoms with Crippen LogP contribution in [0.25, 0.3) is 22.4 Å². The van der Waals surface area contributed by atoms with E-state index >= 15 is 0 Å². The highest BCUT2D eigenvalue weighted by Gasteiger charge is 2.41. The van der Waals surface area contributed by atoms with E-state index in [-0.39, 0.29) is 24.0 Å². The summed E-state index contributed by atoms with van der Waals surface area (Å²) in [4.78, 5) is 29.8. The Balaban J connectivity index is 1.17. The van der Waals surface area contributed by atoms with Crippen LogP contribution in [0, 0.1) is 17.2 Å². The molecule has 1 aromatic carbocycles. The van der Waals surface area contributed by atoms with Gasteiger partial charge < -0.3 is 20.1 Å². The lowest BCUT2D eigenvalue weighted by Gasteiger charge is -2.48. The van der Waals surface area contributed by atoms with E-state index in [0.29, 0.717) is 23.9 Å². The van der Waals surface area contributed by atoms with Gasteiger partial charge in [-0.2, -0.15) is 10.4 Å². The standard InChI is InChI=1S/C29H33N9O/c1-19(25-5-3-4-14-36(25)2)34-28(39)20-6-8-24(9-7-20)37-17-22(10-12-30)29(37)38-18-23(16-33-38)27-32-15-21-11-13-31-26(21)35-27/h6-9,11,13,15-16,18-19,22,25,29H,3-5,10,14,17H2,1-2H3,(H,34,39)(H,31,32,35). The molecule has 4 atom stereocenters. The van der Waals surface area contributed by atoms with Gasteiger partial charge in [-0.05, 0) is 63.7 Å². The minimum absolute atomic E-state index is 0.0497. The summed E-state index contributed by atoms with van der Waals surface area (Å²) < 4.78 is 1.89. The van der Waals surface area contributed by atoms with Crippen LogP contribution in [0.4, 0.5) is 5.69 Å². The van der Waals surface area contributed by atoms with Gasteiger partial charge in [0.2, 0.25) is 0 Å². The second kappa shape index (κ2) is 10.5. The molecule has 200 valence electrons. The fourth-order valence-corrected chi connectivity index (χ4v) is 5.98. The third kappa shape index (κ3) is 4.86. The van der Waals surface area contributed by atoms with E-state index in [9.17, 15) is 10.1 Å². The topological polar surface area (TPSA) is 119 Å². The van der Waals surface area contributed by atoms with Gasteiger partial charge in [-0.3, -0.25) is 4.79 Å². The number of benzene rings is 1. The average molecular weight is 524 g/mol. The van der Waals surface area contributed by atoms with Crippen molar-refractivity contribution in [3.05, 3.63) is 60.7 Å². The molecular weight excluding hydrogens is 490 g/mol. The molecule has 0 bridgehead atoms. The number of H-pyrrole nitrogens is 1. The average Bonchev–Trinajstić information content (AvgIpc) is 3.60. The van der Waals surface area contributed by atoms with Gasteiger partial charge in [0, 0.05) is 66.2 Å². The number of rotatable bonds is 7. The predicted octanol–water partition coefficient (Wildman–Crippen LogP) is 3.97. The molecule has 2 N–H and O–H groups in total. The number of nitrogens with one attached hydrogen (secondary N) is 2. The Bertz CT molecular complexity index is 1500. The molecule has 6 rings (SSSR count). The number of aromatic amines is 1. The summed E-state index contributed by atoms with van der Waals surface area (Å²) >= 11 is 0. The third-order valence-electron chi connectivity index (χ3n) is 8.18. The van der Waals surface area contributed by atoms with Gasteiger partial charge in [0.05, 0.1) is 17.8 Å². The second-order valence-electron chi connectivity index (χ2n) is 10.7. The van der Waals surface area contributed by atoms with E-state index in [1.54, 1.807) is 12.4 Å². The molecule has 2 fully saturated rings. The summed E-state index contributed by atoms with van der Waals surface area (Å²) in [7, 11) is 2.14. The molecule has 4 unspecified atom stereocenters. The van der Waals surface area contributed by atoms with Crippen LogP contribution in [0.5, 0.6) is 0 Å². The zero-order chi connectivity index (χ0) is 26.9. The molecule has 0 spiro atoms. The lowest BCUT2D eigenvalue weighted by Crippen LogP contribution is -2.52. The van der Waals surface area contributed by atoms with Gasteiger partial charge in [0.15, 0.2) is 5.82 Å². The van der Waals surface area contributed by atoms with Crippen LogP contribution in [0.2, 0.25) is 0 Å². The summed E-state index contributed by atoms with van der Waals surface area (Å²) in [6, 6.07) is 12.4. The quantitative estimate of drug-likeness (QED) is 0.376. The summed E-state index contributed by atoms with van der Waals surface area (Å²) in [5.74, 6) is 0.695. The van der Waals surface area contributed by atoms with Crippen molar-refractivity contribution in [1.82, 2.24) is 34.9 Å². The van der Waals surface area contributed by atoms with E-state index in [2.05, 4.69) is 55.2 Å². The zero-order valence-corrected chi connectivity index (χ0v) is 22.3. The maximum absolute atomic E-state index is 13.0. The first kappa shape index (κ1) is 25.1. The third-order valence-corrected chi connectivity index (χ3v) is 8.18. The molecule has 2 saturated heterocycles. The maximum Gasteiger partial charge on any atom is 0.251 e. The zero-order valence-electron chi connectivity index (χ0n) is 22.3. The summed E-state index contributed by atoms with van der Waals surface area (Å²) in [5.41, 5.74) is 3.24. The Morgan fingerprint density at radius 1 is 1.23 bits per heavy atom. The summed E-state index contributed by atoms with van der Waals surface area (Å²) in [6.07, 6.45) is 11.2. The first-order chi connectivity index (χ1) is 19.0. The number of carbonyl (C=O) groups excluding carboxylic acids is 1. The number of aromatic nitrogens is 5. The van der Waals surface area contributed by atoms with Crippen molar-refractivity contribution in [2.24, 2.45) is 5.92 Å². The minimum Gasteiger partial charge on any atom is -0.349 e. The molecule has 0 radical (unpaired) electrons. The number of carbonyl (C=O) groups is 1. The van der Waals surface area contributed by atoms with E-state index in [1.165, 1.54) is 12.8 Å². The molecule has 10 heteroatoms. The highest BCUT2D eigenvalue weighted by Crippen LogP contribution is 2.40. The summed E-state index contributed by atoms with van der Waals surface area (Å²) in [5, 5.41) is 18.2. The van der Waals surface area contributed by atoms with Crippen LogP contribution in [0.3, 0.4) is 0 Å². The smallest absolute Gasteiger partial charge is 0.251 e. The lowest BCUT2D eigenvalue weighted by molar-refractivity contribution is 0.0884. The molecule has 3 aromatic heterocycles. The van der Waals surface area contributed by atoms with Gasteiger partial charge >= 0.3 is 0 Å². The van der Waals surface area contributed by atoms with Gasteiger partial charge in [0.1, 0.15) is 11.8 Å². The molecule has 0 aliphatic carbocycles. The van der Waals surface area contributed by atoms with E-state index in [1.807, 2.05) is 47.4 Å². The largest absolute Gasteiger partial charge is 0.349 e. The number of nitriles is 1. The van der Waals surface area contributed by atoms with Crippen molar-refractivity contribution in [3.63, 3.8) is 0 Å². The fourth-order valence-electron chi connectivity index (χ4n) is 5.98. The van der Waals surface area contributed by atoms with Crippen molar-refractivity contribution in [1.29, 1.82) is 5.26 Å². The van der Waals surface area contributed by atoms with Gasteiger partial charge in [0.25, 0.3) is 5.91 Å². The Kier molecular flexibility index (Phi) is 6.75. The monoisotopic (exact) mass is 523 g/mol. The van der Waals surface area contributed by atoms with E-state index in [0.717, 1.165) is 41.8 Å². The molecular formula is C29H33N9O. The van der Waals surface area contributed by atoms with E-state index < -0.39 is 0 Å². The van der Waals surface area contributed by atoms with Crippen LogP contribution in [-0.2, 0) is 0 Å². The number of amides is 1. The van der Waals surface area contributed by atoms with Crippen LogP contribution < -0.4 is 10.2 Å². The van der Waals surface area contributed by atoms with E-state index in [4.69, 9.17) is 0 Å². The minimum atomic E-state index is -0.103. The van der Waals surface area contributed by atoms with Gasteiger partial charge in [-0.1, -0.05) is 6.42 Å². The number of hydrogen-bond acceptors (Lipinski definition) is 7.